The predicted octanol–water partition coefficient (Wildman–Crippen LogP) is 4.12. The largest absolute Gasteiger partial charge is 0.323 e. The van der Waals surface area contributed by atoms with Gasteiger partial charge in [0.2, 0.25) is 5.91 Å². The number of aromatic nitrogens is 2. The van der Waals surface area contributed by atoms with Gasteiger partial charge in [0.25, 0.3) is 0 Å². The van der Waals surface area contributed by atoms with Crippen LogP contribution in [-0.4, -0.2) is 15.9 Å². The molecule has 3 aromatic rings. The number of rotatable bonds is 4. The zero-order chi connectivity index (χ0) is 16.9. The first-order chi connectivity index (χ1) is 11.6. The molecule has 0 aliphatic heterocycles. The minimum Gasteiger partial charge on any atom is -0.323 e. The maximum atomic E-state index is 12.8. The molecule has 0 saturated carbocycles. The highest BCUT2D eigenvalue weighted by Crippen LogP contribution is 2.19. The molecule has 1 heterocycles. The van der Waals surface area contributed by atoms with Crippen molar-refractivity contribution in [2.75, 3.05) is 5.32 Å². The molecule has 6 heteroatoms. The van der Waals surface area contributed by atoms with Crippen molar-refractivity contribution in [3.8, 4) is 11.4 Å². The molecule has 1 N–H and O–H groups in total. The number of nitrogens with zero attached hydrogens (tertiary/aromatic N) is 2. The summed E-state index contributed by atoms with van der Waals surface area (Å²) in [4.78, 5) is 20.4. The molecule has 3 rings (SSSR count). The first-order valence-electron chi connectivity index (χ1n) is 7.22. The Morgan fingerprint density at radius 1 is 1.08 bits per heavy atom. The summed E-state index contributed by atoms with van der Waals surface area (Å²) in [6.07, 6.45) is 3.22. The van der Waals surface area contributed by atoms with Crippen LogP contribution >= 0.6 is 11.6 Å². The lowest BCUT2D eigenvalue weighted by atomic mass is 10.1. The lowest BCUT2D eigenvalue weighted by Gasteiger charge is -2.06. The summed E-state index contributed by atoms with van der Waals surface area (Å²) in [5, 5.41) is 3.32. The maximum absolute atomic E-state index is 12.8. The van der Waals surface area contributed by atoms with Crippen molar-refractivity contribution < 1.29 is 9.18 Å². The van der Waals surface area contributed by atoms with Crippen LogP contribution in [0.2, 0.25) is 5.02 Å². The summed E-state index contributed by atoms with van der Waals surface area (Å²) >= 11 is 5.95. The second kappa shape index (κ2) is 7.19. The SMILES string of the molecule is O=C(Cc1ccc(F)cc1)Nc1cnc(-c2cccc(Cl)c2)nc1. The van der Waals surface area contributed by atoms with E-state index >= 15 is 0 Å². The lowest BCUT2D eigenvalue weighted by Crippen LogP contribution is -2.14. The normalized spacial score (nSPS) is 10.4. The van der Waals surface area contributed by atoms with Gasteiger partial charge in [-0.1, -0.05) is 35.9 Å². The first-order valence-corrected chi connectivity index (χ1v) is 7.60. The number of halogens is 2. The highest BCUT2D eigenvalue weighted by molar-refractivity contribution is 6.30. The van der Waals surface area contributed by atoms with Crippen LogP contribution in [0.5, 0.6) is 0 Å². The standard InChI is InChI=1S/C18H13ClFN3O/c19-14-3-1-2-13(9-14)18-21-10-16(11-22-18)23-17(24)8-12-4-6-15(20)7-5-12/h1-7,9-11H,8H2,(H,23,24). The highest BCUT2D eigenvalue weighted by atomic mass is 35.5. The Kier molecular flexibility index (Phi) is 4.82. The molecule has 4 nitrogen and oxygen atoms in total. The summed E-state index contributed by atoms with van der Waals surface area (Å²) in [7, 11) is 0. The van der Waals surface area contributed by atoms with E-state index in [1.807, 2.05) is 12.1 Å². The molecule has 0 saturated heterocycles. The van der Waals surface area contributed by atoms with Crippen molar-refractivity contribution in [1.29, 1.82) is 0 Å². The Hall–Kier alpha value is -2.79. The van der Waals surface area contributed by atoms with Gasteiger partial charge in [-0.15, -0.1) is 0 Å². The van der Waals surface area contributed by atoms with Crippen LogP contribution in [0, 0.1) is 5.82 Å². The van der Waals surface area contributed by atoms with E-state index in [2.05, 4.69) is 15.3 Å². The molecule has 24 heavy (non-hydrogen) atoms. The molecule has 0 atom stereocenters. The molecule has 0 fully saturated rings. The van der Waals surface area contributed by atoms with E-state index in [1.54, 1.807) is 24.3 Å². The number of nitrogens with one attached hydrogen (secondary N) is 1. The third-order valence-corrected chi connectivity index (χ3v) is 3.53. The number of hydrogen-bond donors (Lipinski definition) is 1. The molecule has 0 bridgehead atoms. The van der Waals surface area contributed by atoms with Gasteiger partial charge in [-0.25, -0.2) is 14.4 Å². The van der Waals surface area contributed by atoms with E-state index in [1.165, 1.54) is 24.5 Å². The van der Waals surface area contributed by atoms with Gasteiger partial charge in [-0.05, 0) is 29.8 Å². The Balaban J connectivity index is 1.65. The van der Waals surface area contributed by atoms with Crippen molar-refractivity contribution in [3.05, 3.63) is 77.3 Å². The van der Waals surface area contributed by atoms with E-state index in [-0.39, 0.29) is 18.1 Å². The molecule has 1 amide bonds. The maximum Gasteiger partial charge on any atom is 0.228 e. The topological polar surface area (TPSA) is 54.9 Å². The number of hydrogen-bond acceptors (Lipinski definition) is 3. The number of amides is 1. The third kappa shape index (κ3) is 4.14. The van der Waals surface area contributed by atoms with Gasteiger partial charge in [0, 0.05) is 10.6 Å². The number of benzene rings is 2. The zero-order valence-electron chi connectivity index (χ0n) is 12.5. The lowest BCUT2D eigenvalue weighted by molar-refractivity contribution is -0.115. The minimum absolute atomic E-state index is 0.149. The molecule has 0 unspecified atom stereocenters. The van der Waals surface area contributed by atoms with Gasteiger partial charge in [0.05, 0.1) is 24.5 Å². The Morgan fingerprint density at radius 2 is 1.79 bits per heavy atom. The minimum atomic E-state index is -0.329. The molecular formula is C18H13ClFN3O. The van der Waals surface area contributed by atoms with Crippen LogP contribution in [-0.2, 0) is 11.2 Å². The fourth-order valence-corrected chi connectivity index (χ4v) is 2.35. The number of carbonyl (C=O) groups excluding carboxylic acids is 1. The molecule has 120 valence electrons. The average Bonchev–Trinajstić information content (AvgIpc) is 2.58. The second-order valence-corrected chi connectivity index (χ2v) is 5.59. The summed E-state index contributed by atoms with van der Waals surface area (Å²) in [5.41, 5.74) is 2.02. The van der Waals surface area contributed by atoms with Gasteiger partial charge in [-0.3, -0.25) is 4.79 Å². The van der Waals surface area contributed by atoms with Crippen LogP contribution in [0.25, 0.3) is 11.4 Å². The molecule has 0 aliphatic carbocycles. The fourth-order valence-electron chi connectivity index (χ4n) is 2.16. The highest BCUT2D eigenvalue weighted by Gasteiger charge is 2.06. The molecule has 2 aromatic carbocycles. The molecule has 0 spiro atoms. The Morgan fingerprint density at radius 3 is 2.46 bits per heavy atom. The Labute approximate surface area is 143 Å². The van der Waals surface area contributed by atoms with Crippen molar-refractivity contribution in [1.82, 2.24) is 9.97 Å². The van der Waals surface area contributed by atoms with Crippen LogP contribution in [0.4, 0.5) is 10.1 Å². The van der Waals surface area contributed by atoms with Gasteiger partial charge in [-0.2, -0.15) is 0 Å². The van der Waals surface area contributed by atoms with E-state index in [0.717, 1.165) is 11.1 Å². The first kappa shape index (κ1) is 16.1. The summed E-state index contributed by atoms with van der Waals surface area (Å²) < 4.78 is 12.8. The average molecular weight is 342 g/mol. The molecule has 0 aliphatic rings. The van der Waals surface area contributed by atoms with E-state index < -0.39 is 0 Å². The van der Waals surface area contributed by atoms with Crippen LogP contribution in [0.15, 0.2) is 60.9 Å². The zero-order valence-corrected chi connectivity index (χ0v) is 13.3. The second-order valence-electron chi connectivity index (χ2n) is 5.16. The smallest absolute Gasteiger partial charge is 0.228 e. The molecule has 0 radical (unpaired) electrons. The van der Waals surface area contributed by atoms with Gasteiger partial charge < -0.3 is 5.32 Å². The third-order valence-electron chi connectivity index (χ3n) is 3.30. The van der Waals surface area contributed by atoms with Gasteiger partial charge in [0.1, 0.15) is 5.82 Å². The van der Waals surface area contributed by atoms with Crippen molar-refractivity contribution in [3.63, 3.8) is 0 Å². The molecular weight excluding hydrogens is 329 g/mol. The number of anilines is 1. The van der Waals surface area contributed by atoms with Crippen molar-refractivity contribution in [2.45, 2.75) is 6.42 Å². The summed E-state index contributed by atoms with van der Waals surface area (Å²) in [6.45, 7) is 0. The van der Waals surface area contributed by atoms with Gasteiger partial charge in [0.15, 0.2) is 5.82 Å². The fraction of sp³-hybridized carbons (Fsp3) is 0.0556. The number of carbonyl (C=O) groups is 1. The monoisotopic (exact) mass is 341 g/mol. The van der Waals surface area contributed by atoms with E-state index in [4.69, 9.17) is 11.6 Å². The van der Waals surface area contributed by atoms with E-state index in [9.17, 15) is 9.18 Å². The van der Waals surface area contributed by atoms with Crippen LogP contribution in [0.1, 0.15) is 5.56 Å². The van der Waals surface area contributed by atoms with Crippen LogP contribution in [0.3, 0.4) is 0 Å². The Bertz CT molecular complexity index is 851. The predicted molar refractivity (Wildman–Crippen MR) is 91.2 cm³/mol. The summed E-state index contributed by atoms with van der Waals surface area (Å²) in [5.74, 6) is -0.0288. The van der Waals surface area contributed by atoms with E-state index in [0.29, 0.717) is 16.5 Å². The molecule has 1 aromatic heterocycles. The van der Waals surface area contributed by atoms with Crippen molar-refractivity contribution in [2.24, 2.45) is 0 Å². The van der Waals surface area contributed by atoms with Gasteiger partial charge >= 0.3 is 0 Å². The van der Waals surface area contributed by atoms with Crippen LogP contribution < -0.4 is 5.32 Å². The van der Waals surface area contributed by atoms with Crippen molar-refractivity contribution >= 4 is 23.2 Å². The summed E-state index contributed by atoms with van der Waals surface area (Å²) in [6, 6.07) is 13.0. The quantitative estimate of drug-likeness (QED) is 0.776.